The van der Waals surface area contributed by atoms with E-state index in [0.717, 1.165) is 0 Å². The zero-order valence-electron chi connectivity index (χ0n) is 32.4. The van der Waals surface area contributed by atoms with E-state index in [2.05, 4.69) is 42.3 Å². The van der Waals surface area contributed by atoms with Gasteiger partial charge in [0.25, 0.3) is 5.82 Å². The summed E-state index contributed by atoms with van der Waals surface area (Å²) in [6.45, 7) is 9.41. The van der Waals surface area contributed by atoms with Crippen LogP contribution < -0.4 is 4.57 Å². The molecule has 0 fully saturated rings. The van der Waals surface area contributed by atoms with E-state index in [9.17, 15) is 0 Å². The van der Waals surface area contributed by atoms with Gasteiger partial charge in [-0.05, 0) is 32.1 Å². The highest BCUT2D eigenvalue weighted by Gasteiger charge is 2.16. The normalized spacial score (nSPS) is 11.6. The van der Waals surface area contributed by atoms with E-state index in [1.54, 1.807) is 5.82 Å². The summed E-state index contributed by atoms with van der Waals surface area (Å²) in [6.07, 6.45) is 56.3. The average Bonchev–Trinajstić information content (AvgIpc) is 3.45. The smallest absolute Gasteiger partial charge is 0.234 e. The van der Waals surface area contributed by atoms with Crippen molar-refractivity contribution in [3.63, 3.8) is 0 Å². The third-order valence-electron chi connectivity index (χ3n) is 10.6. The molecule has 0 aliphatic heterocycles. The van der Waals surface area contributed by atoms with Gasteiger partial charge in [0, 0.05) is 6.42 Å². The Hall–Kier alpha value is -0.790. The quantitative estimate of drug-likeness (QED) is 0.0501. The molecule has 0 N–H and O–H groups in total. The molecule has 0 aliphatic rings. The SMILES string of the molecule is CCCCCCCCCCCCCCn1cc[n+](CCCCCCCCCCCCCC)c1CCCCCCCCCCCCC. The third kappa shape index (κ3) is 27.2. The van der Waals surface area contributed by atoms with Crippen LogP contribution in [0.3, 0.4) is 0 Å². The molecule has 0 aliphatic carbocycles. The van der Waals surface area contributed by atoms with Crippen LogP contribution in [0.25, 0.3) is 0 Å². The first-order valence-electron chi connectivity index (χ1n) is 21.9. The predicted octanol–water partition coefficient (Wildman–Crippen LogP) is 15.0. The van der Waals surface area contributed by atoms with Crippen molar-refractivity contribution in [2.24, 2.45) is 0 Å². The highest BCUT2D eigenvalue weighted by atomic mass is 15.1. The fourth-order valence-corrected chi connectivity index (χ4v) is 7.39. The summed E-state index contributed by atoms with van der Waals surface area (Å²) < 4.78 is 5.29. The van der Waals surface area contributed by atoms with Crippen molar-refractivity contribution < 1.29 is 4.57 Å². The topological polar surface area (TPSA) is 8.81 Å². The maximum atomic E-state index is 2.65. The van der Waals surface area contributed by atoms with Crippen LogP contribution in [-0.4, -0.2) is 4.57 Å². The largest absolute Gasteiger partial charge is 0.256 e. The first kappa shape index (κ1) is 43.2. The molecule has 0 radical (unpaired) electrons. The minimum Gasteiger partial charge on any atom is -0.234 e. The molecule has 0 saturated carbocycles. The van der Waals surface area contributed by atoms with Crippen LogP contribution in [0.15, 0.2) is 12.4 Å². The van der Waals surface area contributed by atoms with Crippen LogP contribution in [0.4, 0.5) is 0 Å². The van der Waals surface area contributed by atoms with Gasteiger partial charge in [0.05, 0.1) is 13.1 Å². The Labute approximate surface area is 291 Å². The molecule has 0 unspecified atom stereocenters. The Kier molecular flexibility index (Phi) is 33.4. The van der Waals surface area contributed by atoms with Gasteiger partial charge in [0.15, 0.2) is 0 Å². The van der Waals surface area contributed by atoms with Gasteiger partial charge < -0.3 is 0 Å². The second kappa shape index (κ2) is 35.5. The molecule has 1 aromatic heterocycles. The lowest BCUT2D eigenvalue weighted by atomic mass is 10.0. The number of nitrogens with zero attached hydrogens (tertiary/aromatic N) is 2. The molecule has 0 bridgehead atoms. The Morgan fingerprint density at radius 3 is 1.04 bits per heavy atom. The third-order valence-corrected chi connectivity index (χ3v) is 10.6. The fraction of sp³-hybridized carbons (Fsp3) is 0.932. The van der Waals surface area contributed by atoms with Crippen LogP contribution in [0.5, 0.6) is 0 Å². The van der Waals surface area contributed by atoms with Gasteiger partial charge in [-0.1, -0.05) is 213 Å². The van der Waals surface area contributed by atoms with Crippen LogP contribution in [0.2, 0.25) is 0 Å². The number of unbranched alkanes of at least 4 members (excludes halogenated alkanes) is 32. The van der Waals surface area contributed by atoms with E-state index in [4.69, 9.17) is 0 Å². The Morgan fingerprint density at radius 2 is 0.674 bits per heavy atom. The van der Waals surface area contributed by atoms with Crippen molar-refractivity contribution >= 4 is 0 Å². The highest BCUT2D eigenvalue weighted by molar-refractivity contribution is 4.84. The monoisotopic (exact) mass is 644 g/mol. The van der Waals surface area contributed by atoms with Gasteiger partial charge in [0.1, 0.15) is 12.4 Å². The maximum absolute atomic E-state index is 2.65. The van der Waals surface area contributed by atoms with Crippen LogP contribution in [0, 0.1) is 0 Å². The molecule has 1 rings (SSSR count). The summed E-state index contributed by atoms with van der Waals surface area (Å²) in [4.78, 5) is 0. The van der Waals surface area contributed by atoms with E-state index in [1.807, 2.05) is 0 Å². The van der Waals surface area contributed by atoms with Crippen molar-refractivity contribution in [2.45, 2.75) is 265 Å². The van der Waals surface area contributed by atoms with Crippen molar-refractivity contribution in [3.8, 4) is 0 Å². The molecular formula is C44H87N2+. The molecule has 1 heterocycles. The van der Waals surface area contributed by atoms with Gasteiger partial charge in [-0.25, -0.2) is 9.13 Å². The van der Waals surface area contributed by atoms with Gasteiger partial charge in [-0.2, -0.15) is 0 Å². The summed E-state index contributed by atoms with van der Waals surface area (Å²) in [5.41, 5.74) is 0. The minimum atomic E-state index is 1.23. The molecule has 0 saturated heterocycles. The van der Waals surface area contributed by atoms with Crippen LogP contribution in [-0.2, 0) is 19.5 Å². The molecule has 0 spiro atoms. The molecule has 0 amide bonds. The number of rotatable bonds is 38. The molecular weight excluding hydrogens is 556 g/mol. The second-order valence-electron chi connectivity index (χ2n) is 15.2. The van der Waals surface area contributed by atoms with Crippen LogP contribution >= 0.6 is 0 Å². The number of imidazole rings is 1. The van der Waals surface area contributed by atoms with Crippen molar-refractivity contribution in [1.82, 2.24) is 4.57 Å². The lowest BCUT2D eigenvalue weighted by Crippen LogP contribution is -2.37. The Morgan fingerprint density at radius 1 is 0.370 bits per heavy atom. The lowest BCUT2D eigenvalue weighted by Gasteiger charge is -2.07. The number of hydrogen-bond acceptors (Lipinski definition) is 0. The highest BCUT2D eigenvalue weighted by Crippen LogP contribution is 2.16. The molecule has 272 valence electrons. The van der Waals surface area contributed by atoms with E-state index < -0.39 is 0 Å². The van der Waals surface area contributed by atoms with Crippen molar-refractivity contribution in [2.75, 3.05) is 0 Å². The number of hydrogen-bond donors (Lipinski definition) is 0. The second-order valence-corrected chi connectivity index (χ2v) is 15.2. The van der Waals surface area contributed by atoms with E-state index in [0.29, 0.717) is 0 Å². The summed E-state index contributed by atoms with van der Waals surface area (Å²) in [5.74, 6) is 1.63. The molecule has 2 heteroatoms. The van der Waals surface area contributed by atoms with Gasteiger partial charge in [-0.15, -0.1) is 0 Å². The molecule has 0 aromatic carbocycles. The average molecular weight is 644 g/mol. The predicted molar refractivity (Wildman–Crippen MR) is 207 cm³/mol. The molecule has 46 heavy (non-hydrogen) atoms. The first-order chi connectivity index (χ1) is 22.8. The zero-order chi connectivity index (χ0) is 33.0. The maximum Gasteiger partial charge on any atom is 0.256 e. The van der Waals surface area contributed by atoms with E-state index in [1.165, 1.54) is 244 Å². The summed E-state index contributed by atoms with van der Waals surface area (Å²) in [5, 5.41) is 0. The summed E-state index contributed by atoms with van der Waals surface area (Å²) in [7, 11) is 0. The van der Waals surface area contributed by atoms with Crippen molar-refractivity contribution in [1.29, 1.82) is 0 Å². The Bertz CT molecular complexity index is 661. The number of aryl methyl sites for hydroxylation is 2. The fourth-order valence-electron chi connectivity index (χ4n) is 7.39. The van der Waals surface area contributed by atoms with Crippen LogP contribution in [0.1, 0.15) is 251 Å². The molecule has 0 atom stereocenters. The van der Waals surface area contributed by atoms with Gasteiger partial charge in [-0.3, -0.25) is 0 Å². The van der Waals surface area contributed by atoms with Crippen molar-refractivity contribution in [3.05, 3.63) is 18.2 Å². The van der Waals surface area contributed by atoms with Gasteiger partial charge >= 0.3 is 0 Å². The minimum absolute atomic E-state index is 1.23. The zero-order valence-corrected chi connectivity index (χ0v) is 32.4. The Balaban J connectivity index is 2.29. The number of aromatic nitrogens is 2. The van der Waals surface area contributed by atoms with E-state index >= 15 is 0 Å². The van der Waals surface area contributed by atoms with Gasteiger partial charge in [0.2, 0.25) is 0 Å². The first-order valence-corrected chi connectivity index (χ1v) is 21.9. The van der Waals surface area contributed by atoms with E-state index in [-0.39, 0.29) is 0 Å². The standard InChI is InChI=1S/C44H87N2/c1-4-7-10-13-16-19-22-25-28-31-34-37-40-45-42-43-46(41-38-35-32-29-26-23-20-17-14-11-8-5-2)44(45)39-36-33-30-27-24-21-18-15-12-9-6-3/h42-43H,4-41H2,1-3H3/q+1. The molecule has 2 nitrogen and oxygen atoms in total. The lowest BCUT2D eigenvalue weighted by molar-refractivity contribution is -0.704. The molecule has 1 aromatic rings. The summed E-state index contributed by atoms with van der Waals surface area (Å²) in [6, 6.07) is 0. The summed E-state index contributed by atoms with van der Waals surface area (Å²) >= 11 is 0.